The van der Waals surface area contributed by atoms with Crippen LogP contribution in [0.3, 0.4) is 0 Å². The fraction of sp³-hybridized carbons (Fsp3) is 0.231. The summed E-state index contributed by atoms with van der Waals surface area (Å²) in [5.41, 5.74) is 2.39. The van der Waals surface area contributed by atoms with Crippen molar-refractivity contribution in [1.82, 2.24) is 24.1 Å². The summed E-state index contributed by atoms with van der Waals surface area (Å²) in [6.07, 6.45) is 12.6. The lowest BCUT2D eigenvalue weighted by Gasteiger charge is -2.09. The number of alkyl halides is 3. The molecule has 9 heteroatoms. The van der Waals surface area contributed by atoms with Crippen molar-refractivity contribution >= 4 is 11.4 Å². The topological polar surface area (TPSA) is 65.1 Å². The van der Waals surface area contributed by atoms with Crippen LogP contribution in [0.25, 0.3) is 16.9 Å². The number of imidazole rings is 1. The van der Waals surface area contributed by atoms with Crippen molar-refractivity contribution in [2.45, 2.75) is 38.9 Å². The standard InChI is InChI=1S/C26H20F3N5O/c1-4-6-7-23(35)19-9-8-18(13-17(19)3)14-21-25-31-15-22(34(25)12-10-30-21)20-16-33(11-5-2)32-24(20)26(27,28)29/h1-2,8-10,12-13,15-16H,6-7,11,14H2,3H3. The summed E-state index contributed by atoms with van der Waals surface area (Å²) in [6.45, 7) is 1.76. The van der Waals surface area contributed by atoms with Gasteiger partial charge in [0.2, 0.25) is 0 Å². The Morgan fingerprint density at radius 1 is 1.17 bits per heavy atom. The number of hydrogen-bond donors (Lipinski definition) is 0. The highest BCUT2D eigenvalue weighted by Crippen LogP contribution is 2.36. The molecule has 0 unspecified atom stereocenters. The smallest absolute Gasteiger partial charge is 0.296 e. The number of carbonyl (C=O) groups is 1. The van der Waals surface area contributed by atoms with Crippen LogP contribution in [0.5, 0.6) is 0 Å². The van der Waals surface area contributed by atoms with Gasteiger partial charge in [-0.25, -0.2) is 4.98 Å². The lowest BCUT2D eigenvalue weighted by molar-refractivity contribution is -0.141. The summed E-state index contributed by atoms with van der Waals surface area (Å²) in [6, 6.07) is 5.48. The van der Waals surface area contributed by atoms with Gasteiger partial charge in [0.15, 0.2) is 17.1 Å². The molecule has 0 aliphatic heterocycles. The van der Waals surface area contributed by atoms with Gasteiger partial charge in [-0.3, -0.25) is 18.9 Å². The molecule has 4 aromatic rings. The third kappa shape index (κ3) is 4.80. The van der Waals surface area contributed by atoms with E-state index in [0.717, 1.165) is 15.8 Å². The Bertz CT molecular complexity index is 1500. The molecule has 3 aromatic heterocycles. The number of nitrogens with zero attached hydrogens (tertiary/aromatic N) is 5. The van der Waals surface area contributed by atoms with E-state index < -0.39 is 11.9 Å². The minimum Gasteiger partial charge on any atom is -0.296 e. The van der Waals surface area contributed by atoms with Gasteiger partial charge in [0.25, 0.3) is 0 Å². The highest BCUT2D eigenvalue weighted by atomic mass is 19.4. The molecule has 0 spiro atoms. The van der Waals surface area contributed by atoms with Crippen LogP contribution in [0, 0.1) is 31.6 Å². The molecule has 0 atom stereocenters. The predicted molar refractivity (Wildman–Crippen MR) is 124 cm³/mol. The van der Waals surface area contributed by atoms with Gasteiger partial charge in [-0.05, 0) is 18.1 Å². The van der Waals surface area contributed by atoms with Gasteiger partial charge in [-0.2, -0.15) is 18.3 Å². The third-order valence-corrected chi connectivity index (χ3v) is 5.52. The molecule has 0 N–H and O–H groups in total. The van der Waals surface area contributed by atoms with E-state index in [1.54, 1.807) is 16.7 Å². The largest absolute Gasteiger partial charge is 0.435 e. The second-order valence-electron chi connectivity index (χ2n) is 7.96. The van der Waals surface area contributed by atoms with E-state index in [-0.39, 0.29) is 30.0 Å². The quantitative estimate of drug-likeness (QED) is 0.286. The van der Waals surface area contributed by atoms with Crippen molar-refractivity contribution < 1.29 is 18.0 Å². The molecule has 0 amide bonds. The summed E-state index contributed by atoms with van der Waals surface area (Å²) in [5, 5.41) is 3.63. The van der Waals surface area contributed by atoms with Gasteiger partial charge in [0.1, 0.15) is 6.54 Å². The second kappa shape index (κ2) is 9.47. The van der Waals surface area contributed by atoms with Crippen LogP contribution in [0.2, 0.25) is 0 Å². The van der Waals surface area contributed by atoms with Crippen LogP contribution in [0.15, 0.2) is 43.0 Å². The molecule has 3 heterocycles. The molecule has 0 aliphatic carbocycles. The van der Waals surface area contributed by atoms with Crippen molar-refractivity contribution in [2.75, 3.05) is 0 Å². The molecule has 0 radical (unpaired) electrons. The van der Waals surface area contributed by atoms with Crippen molar-refractivity contribution in [2.24, 2.45) is 0 Å². The lowest BCUT2D eigenvalue weighted by Crippen LogP contribution is -2.09. The monoisotopic (exact) mass is 475 g/mol. The normalized spacial score (nSPS) is 11.4. The summed E-state index contributed by atoms with van der Waals surface area (Å²) in [7, 11) is 0. The number of fused-ring (bicyclic) bond motifs is 1. The maximum atomic E-state index is 13.7. The first-order valence-electron chi connectivity index (χ1n) is 10.7. The van der Waals surface area contributed by atoms with Crippen LogP contribution in [0.1, 0.15) is 45.7 Å². The zero-order valence-electron chi connectivity index (χ0n) is 18.8. The molecule has 0 fully saturated rings. The first kappa shape index (κ1) is 23.8. The molecule has 0 saturated heterocycles. The molecular weight excluding hydrogens is 455 g/mol. The molecule has 0 bridgehead atoms. The van der Waals surface area contributed by atoms with Crippen LogP contribution in [-0.4, -0.2) is 29.9 Å². The number of halogens is 3. The Balaban J connectivity index is 1.70. The predicted octanol–water partition coefficient (Wildman–Crippen LogP) is 4.74. The second-order valence-corrected chi connectivity index (χ2v) is 7.96. The molecule has 176 valence electrons. The van der Waals surface area contributed by atoms with Gasteiger partial charge in [-0.1, -0.05) is 24.1 Å². The zero-order chi connectivity index (χ0) is 25.2. The number of ketones is 1. The lowest BCUT2D eigenvalue weighted by atomic mass is 9.97. The van der Waals surface area contributed by atoms with Crippen LogP contribution < -0.4 is 0 Å². The number of Topliss-reactive ketones (excluding diaryl/α,β-unsaturated/α-hetero) is 1. The van der Waals surface area contributed by atoms with E-state index in [1.807, 2.05) is 19.1 Å². The van der Waals surface area contributed by atoms with E-state index in [9.17, 15) is 18.0 Å². The Morgan fingerprint density at radius 3 is 2.66 bits per heavy atom. The average Bonchev–Trinajstić information content (AvgIpc) is 3.42. The van der Waals surface area contributed by atoms with Gasteiger partial charge < -0.3 is 0 Å². The first-order valence-corrected chi connectivity index (χ1v) is 10.7. The van der Waals surface area contributed by atoms with E-state index in [1.165, 1.54) is 18.6 Å². The number of terminal acetylenes is 2. The summed E-state index contributed by atoms with van der Waals surface area (Å²) < 4.78 is 43.6. The number of hydrogen-bond acceptors (Lipinski definition) is 4. The summed E-state index contributed by atoms with van der Waals surface area (Å²) in [5.74, 6) is 4.74. The molecule has 4 rings (SSSR count). The summed E-state index contributed by atoms with van der Waals surface area (Å²) >= 11 is 0. The van der Waals surface area contributed by atoms with Crippen molar-refractivity contribution in [3.8, 4) is 35.9 Å². The average molecular weight is 475 g/mol. The molecular formula is C26H20F3N5O. The molecule has 0 aliphatic rings. The Kier molecular flexibility index (Phi) is 6.44. The Labute approximate surface area is 199 Å². The molecule has 1 aromatic carbocycles. The van der Waals surface area contributed by atoms with Crippen molar-refractivity contribution in [3.05, 3.63) is 71.1 Å². The van der Waals surface area contributed by atoms with Crippen molar-refractivity contribution in [3.63, 3.8) is 0 Å². The number of aryl methyl sites for hydroxylation is 1. The zero-order valence-corrected chi connectivity index (χ0v) is 18.8. The fourth-order valence-corrected chi connectivity index (χ4v) is 3.95. The molecule has 35 heavy (non-hydrogen) atoms. The van der Waals surface area contributed by atoms with Gasteiger partial charge in [0.05, 0.1) is 23.1 Å². The van der Waals surface area contributed by atoms with E-state index in [0.29, 0.717) is 29.7 Å². The number of rotatable bonds is 7. The van der Waals surface area contributed by atoms with E-state index >= 15 is 0 Å². The third-order valence-electron chi connectivity index (χ3n) is 5.52. The SMILES string of the molecule is C#CCCC(=O)c1ccc(Cc2nccn3c(-c4cn(CC#C)nc4C(F)(F)F)cnc23)cc1C. The van der Waals surface area contributed by atoms with E-state index in [2.05, 4.69) is 26.9 Å². The molecule has 0 saturated carbocycles. The minimum absolute atomic E-state index is 0.0176. The van der Waals surface area contributed by atoms with Crippen molar-refractivity contribution in [1.29, 1.82) is 0 Å². The maximum absolute atomic E-state index is 13.7. The van der Waals surface area contributed by atoms with Gasteiger partial charge >= 0.3 is 6.18 Å². The first-order chi connectivity index (χ1) is 16.7. The van der Waals surface area contributed by atoms with Crippen LogP contribution in [0.4, 0.5) is 13.2 Å². The highest BCUT2D eigenvalue weighted by Gasteiger charge is 2.38. The van der Waals surface area contributed by atoms with Gasteiger partial charge in [0, 0.05) is 43.4 Å². The van der Waals surface area contributed by atoms with E-state index in [4.69, 9.17) is 12.8 Å². The number of benzene rings is 1. The van der Waals surface area contributed by atoms with Gasteiger partial charge in [-0.15, -0.1) is 18.8 Å². The Morgan fingerprint density at radius 2 is 1.97 bits per heavy atom. The number of carbonyl (C=O) groups excluding carboxylic acids is 1. The Hall–Kier alpha value is -4.37. The molecule has 6 nitrogen and oxygen atoms in total. The minimum atomic E-state index is -4.66. The fourth-order valence-electron chi connectivity index (χ4n) is 3.95. The van der Waals surface area contributed by atoms with Crippen LogP contribution in [-0.2, 0) is 19.1 Å². The maximum Gasteiger partial charge on any atom is 0.435 e. The van der Waals surface area contributed by atoms with Crippen LogP contribution >= 0.6 is 0 Å². The summed E-state index contributed by atoms with van der Waals surface area (Å²) in [4.78, 5) is 21.1. The highest BCUT2D eigenvalue weighted by molar-refractivity contribution is 5.97. The number of aromatic nitrogens is 5.